The molecule has 0 spiro atoms. The van der Waals surface area contributed by atoms with Crippen LogP contribution < -0.4 is 4.74 Å². The van der Waals surface area contributed by atoms with Crippen LogP contribution >= 0.6 is 0 Å². The molecule has 0 aliphatic rings. The van der Waals surface area contributed by atoms with Crippen molar-refractivity contribution < 1.29 is 4.74 Å². The predicted molar refractivity (Wildman–Crippen MR) is 68.0 cm³/mol. The van der Waals surface area contributed by atoms with Crippen LogP contribution in [0.4, 0.5) is 0 Å². The van der Waals surface area contributed by atoms with Crippen LogP contribution in [-0.4, -0.2) is 12.1 Å². The maximum atomic E-state index is 5.22. The highest BCUT2D eigenvalue weighted by atomic mass is 16.5. The first-order chi connectivity index (χ1) is 7.48. The summed E-state index contributed by atoms with van der Waals surface area (Å²) < 4.78 is 5.22. The molecule has 1 N–H and O–H groups in total. The highest BCUT2D eigenvalue weighted by Crippen LogP contribution is 2.25. The third kappa shape index (κ3) is 2.38. The minimum atomic E-state index is 0.310. The molecule has 0 unspecified atom stereocenters. The van der Waals surface area contributed by atoms with Gasteiger partial charge >= 0.3 is 0 Å². The smallest absolute Gasteiger partial charge is 0.119 e. The summed E-state index contributed by atoms with van der Waals surface area (Å²) in [6.45, 7) is 6.75. The molecule has 0 bridgehead atoms. The first-order valence-electron chi connectivity index (χ1n) is 5.63. The fraction of sp³-hybridized carbons (Fsp3) is 0.429. The first-order valence-corrected chi connectivity index (χ1v) is 5.63. The maximum absolute atomic E-state index is 5.22. The summed E-state index contributed by atoms with van der Waals surface area (Å²) in [6.07, 6.45) is 1.06. The van der Waals surface area contributed by atoms with Crippen LogP contribution in [0.25, 0.3) is 10.9 Å². The van der Waals surface area contributed by atoms with Crippen molar-refractivity contribution >= 4 is 10.9 Å². The Bertz CT molecular complexity index is 491. The van der Waals surface area contributed by atoms with Crippen molar-refractivity contribution in [3.8, 4) is 5.75 Å². The molecular formula is C14H19NO. The SMILES string of the molecule is COc1ccc2[nH]c(CC(C)(C)C)cc2c1. The van der Waals surface area contributed by atoms with Crippen molar-refractivity contribution in [1.29, 1.82) is 0 Å². The number of ether oxygens (including phenoxy) is 1. The van der Waals surface area contributed by atoms with E-state index in [9.17, 15) is 0 Å². The van der Waals surface area contributed by atoms with Crippen molar-refractivity contribution in [2.45, 2.75) is 27.2 Å². The number of fused-ring (bicyclic) bond motifs is 1. The maximum Gasteiger partial charge on any atom is 0.119 e. The number of hydrogen-bond acceptors (Lipinski definition) is 1. The summed E-state index contributed by atoms with van der Waals surface area (Å²) in [5, 5.41) is 1.22. The lowest BCUT2D eigenvalue weighted by Gasteiger charge is -2.16. The van der Waals surface area contributed by atoms with E-state index in [1.165, 1.54) is 16.6 Å². The van der Waals surface area contributed by atoms with Gasteiger partial charge in [-0.1, -0.05) is 20.8 Å². The van der Waals surface area contributed by atoms with Gasteiger partial charge < -0.3 is 9.72 Å². The monoisotopic (exact) mass is 217 g/mol. The Morgan fingerprint density at radius 1 is 1.19 bits per heavy atom. The average Bonchev–Trinajstić information content (AvgIpc) is 2.55. The number of methoxy groups -OCH3 is 1. The fourth-order valence-electron chi connectivity index (χ4n) is 1.96. The number of hydrogen-bond donors (Lipinski definition) is 1. The molecule has 0 saturated heterocycles. The number of rotatable bonds is 2. The Balaban J connectivity index is 2.36. The molecule has 16 heavy (non-hydrogen) atoms. The van der Waals surface area contributed by atoms with Gasteiger partial charge in [-0.15, -0.1) is 0 Å². The summed E-state index contributed by atoms with van der Waals surface area (Å²) in [5.41, 5.74) is 2.78. The third-order valence-electron chi connectivity index (χ3n) is 2.60. The van der Waals surface area contributed by atoms with E-state index in [2.05, 4.69) is 44.0 Å². The van der Waals surface area contributed by atoms with E-state index in [4.69, 9.17) is 4.74 Å². The summed E-state index contributed by atoms with van der Waals surface area (Å²) in [6, 6.07) is 8.33. The van der Waals surface area contributed by atoms with Gasteiger partial charge in [-0.3, -0.25) is 0 Å². The predicted octanol–water partition coefficient (Wildman–Crippen LogP) is 3.77. The average molecular weight is 217 g/mol. The lowest BCUT2D eigenvalue weighted by atomic mass is 9.91. The highest BCUT2D eigenvalue weighted by Gasteiger charge is 2.13. The first kappa shape index (κ1) is 11.1. The van der Waals surface area contributed by atoms with Gasteiger partial charge in [-0.05, 0) is 36.1 Å². The van der Waals surface area contributed by atoms with Gasteiger partial charge in [0.05, 0.1) is 7.11 Å². The normalized spacial score (nSPS) is 12.0. The fourth-order valence-corrected chi connectivity index (χ4v) is 1.96. The topological polar surface area (TPSA) is 25.0 Å². The molecule has 0 aliphatic heterocycles. The van der Waals surface area contributed by atoms with Gasteiger partial charge in [-0.25, -0.2) is 0 Å². The number of nitrogens with one attached hydrogen (secondary N) is 1. The molecule has 0 saturated carbocycles. The van der Waals surface area contributed by atoms with Gasteiger partial charge in [0.1, 0.15) is 5.75 Å². The molecule has 2 nitrogen and oxygen atoms in total. The Morgan fingerprint density at radius 3 is 2.56 bits per heavy atom. The molecular weight excluding hydrogens is 198 g/mol. The lowest BCUT2D eigenvalue weighted by molar-refractivity contribution is 0.407. The zero-order chi connectivity index (χ0) is 11.8. The van der Waals surface area contributed by atoms with Crippen LogP contribution in [-0.2, 0) is 6.42 Å². The number of aromatic amines is 1. The zero-order valence-electron chi connectivity index (χ0n) is 10.4. The van der Waals surface area contributed by atoms with E-state index in [0.717, 1.165) is 12.2 Å². The molecule has 1 aromatic carbocycles. The minimum Gasteiger partial charge on any atom is -0.497 e. The van der Waals surface area contributed by atoms with Crippen LogP contribution in [0.1, 0.15) is 26.5 Å². The third-order valence-corrected chi connectivity index (χ3v) is 2.60. The lowest BCUT2D eigenvalue weighted by Crippen LogP contribution is -2.09. The second-order valence-electron chi connectivity index (χ2n) is 5.49. The summed E-state index contributed by atoms with van der Waals surface area (Å²) in [7, 11) is 1.70. The zero-order valence-corrected chi connectivity index (χ0v) is 10.4. The van der Waals surface area contributed by atoms with Crippen molar-refractivity contribution in [3.05, 3.63) is 30.0 Å². The van der Waals surface area contributed by atoms with E-state index in [-0.39, 0.29) is 0 Å². The van der Waals surface area contributed by atoms with Crippen molar-refractivity contribution in [2.75, 3.05) is 7.11 Å². The molecule has 0 atom stereocenters. The molecule has 0 radical (unpaired) electrons. The molecule has 2 aromatic rings. The van der Waals surface area contributed by atoms with Crippen molar-refractivity contribution in [3.63, 3.8) is 0 Å². The summed E-state index contributed by atoms with van der Waals surface area (Å²) in [5.74, 6) is 0.911. The van der Waals surface area contributed by atoms with E-state index < -0.39 is 0 Å². The Morgan fingerprint density at radius 2 is 1.94 bits per heavy atom. The van der Waals surface area contributed by atoms with E-state index >= 15 is 0 Å². The van der Waals surface area contributed by atoms with Crippen molar-refractivity contribution in [1.82, 2.24) is 4.98 Å². The summed E-state index contributed by atoms with van der Waals surface area (Å²) >= 11 is 0. The molecule has 2 heteroatoms. The Labute approximate surface area is 96.6 Å². The minimum absolute atomic E-state index is 0.310. The quantitative estimate of drug-likeness (QED) is 0.814. The number of aromatic nitrogens is 1. The van der Waals surface area contributed by atoms with Crippen LogP contribution in [0.2, 0.25) is 0 Å². The number of H-pyrrole nitrogens is 1. The van der Waals surface area contributed by atoms with E-state index in [0.29, 0.717) is 5.41 Å². The van der Waals surface area contributed by atoms with Gasteiger partial charge in [-0.2, -0.15) is 0 Å². The Kier molecular flexibility index (Phi) is 2.66. The highest BCUT2D eigenvalue weighted by molar-refractivity contribution is 5.81. The Hall–Kier alpha value is -1.44. The molecule has 0 fully saturated rings. The van der Waals surface area contributed by atoms with Gasteiger partial charge in [0.15, 0.2) is 0 Å². The van der Waals surface area contributed by atoms with Crippen LogP contribution in [0, 0.1) is 5.41 Å². The van der Waals surface area contributed by atoms with Crippen LogP contribution in [0.15, 0.2) is 24.3 Å². The van der Waals surface area contributed by atoms with Crippen molar-refractivity contribution in [2.24, 2.45) is 5.41 Å². The molecule has 1 aromatic heterocycles. The number of benzene rings is 1. The standard InChI is InChI=1S/C14H19NO/c1-14(2,3)9-11-7-10-8-12(16-4)5-6-13(10)15-11/h5-8,15H,9H2,1-4H3. The molecule has 0 amide bonds. The molecule has 2 rings (SSSR count). The molecule has 0 aliphatic carbocycles. The van der Waals surface area contributed by atoms with Gasteiger partial charge in [0.25, 0.3) is 0 Å². The van der Waals surface area contributed by atoms with Crippen LogP contribution in [0.5, 0.6) is 5.75 Å². The largest absolute Gasteiger partial charge is 0.497 e. The van der Waals surface area contributed by atoms with Gasteiger partial charge in [0, 0.05) is 16.6 Å². The molecule has 86 valence electrons. The van der Waals surface area contributed by atoms with E-state index in [1.807, 2.05) is 6.07 Å². The van der Waals surface area contributed by atoms with E-state index in [1.54, 1.807) is 7.11 Å². The second-order valence-corrected chi connectivity index (χ2v) is 5.49. The second kappa shape index (κ2) is 3.85. The molecule has 1 heterocycles. The van der Waals surface area contributed by atoms with Crippen LogP contribution in [0.3, 0.4) is 0 Å². The van der Waals surface area contributed by atoms with Gasteiger partial charge in [0.2, 0.25) is 0 Å². The summed E-state index contributed by atoms with van der Waals surface area (Å²) in [4.78, 5) is 3.45.